The number of carbonyl (C=O) groups is 1. The Bertz CT molecular complexity index is 542. The summed E-state index contributed by atoms with van der Waals surface area (Å²) in [6, 6.07) is 5.82. The minimum Gasteiger partial charge on any atom is -0.373 e. The lowest BCUT2D eigenvalue weighted by Gasteiger charge is -2.38. The van der Waals surface area contributed by atoms with E-state index in [0.717, 1.165) is 13.1 Å². The molecule has 0 spiro atoms. The van der Waals surface area contributed by atoms with Crippen molar-refractivity contribution in [2.75, 3.05) is 31.6 Å². The van der Waals surface area contributed by atoms with Crippen LogP contribution in [0.4, 0.5) is 11.4 Å². The number of nitro benzene ring substituents is 1. The van der Waals surface area contributed by atoms with Crippen LogP contribution in [0.5, 0.6) is 0 Å². The van der Waals surface area contributed by atoms with E-state index >= 15 is 0 Å². The monoisotopic (exact) mass is 307 g/mol. The molecule has 0 aromatic heterocycles. The van der Waals surface area contributed by atoms with Crippen LogP contribution < -0.4 is 5.32 Å². The smallest absolute Gasteiger partial charge is 0.269 e. The van der Waals surface area contributed by atoms with Crippen LogP contribution in [0.1, 0.15) is 20.3 Å². The van der Waals surface area contributed by atoms with Crippen molar-refractivity contribution >= 4 is 17.3 Å². The quantitative estimate of drug-likeness (QED) is 0.664. The molecule has 1 aromatic rings. The molecule has 1 heterocycles. The van der Waals surface area contributed by atoms with Gasteiger partial charge in [0.25, 0.3) is 5.69 Å². The van der Waals surface area contributed by atoms with Crippen molar-refractivity contribution in [1.29, 1.82) is 0 Å². The molecular formula is C15H21N3O4. The van der Waals surface area contributed by atoms with E-state index < -0.39 is 4.92 Å². The fourth-order valence-corrected chi connectivity index (χ4v) is 2.45. The topological polar surface area (TPSA) is 84.7 Å². The van der Waals surface area contributed by atoms with E-state index in [9.17, 15) is 14.9 Å². The number of carbonyl (C=O) groups excluding carboxylic acids is 1. The van der Waals surface area contributed by atoms with Crippen LogP contribution in [-0.4, -0.2) is 47.6 Å². The third kappa shape index (κ3) is 4.78. The summed E-state index contributed by atoms with van der Waals surface area (Å²) in [6.45, 7) is 7.06. The van der Waals surface area contributed by atoms with Crippen molar-refractivity contribution < 1.29 is 14.5 Å². The number of non-ortho nitro benzene ring substituents is 1. The fraction of sp³-hybridized carbons (Fsp3) is 0.533. The molecule has 0 radical (unpaired) electrons. The maximum absolute atomic E-state index is 11.9. The Morgan fingerprint density at radius 1 is 1.41 bits per heavy atom. The summed E-state index contributed by atoms with van der Waals surface area (Å²) in [6.07, 6.45) is 0.382. The first-order valence-corrected chi connectivity index (χ1v) is 7.26. The molecule has 1 amide bonds. The number of ether oxygens (including phenoxy) is 1. The van der Waals surface area contributed by atoms with Crippen molar-refractivity contribution in [1.82, 2.24) is 4.90 Å². The van der Waals surface area contributed by atoms with Gasteiger partial charge in [0.15, 0.2) is 0 Å². The van der Waals surface area contributed by atoms with Crippen molar-refractivity contribution in [3.8, 4) is 0 Å². The summed E-state index contributed by atoms with van der Waals surface area (Å²) < 4.78 is 5.63. The van der Waals surface area contributed by atoms with Gasteiger partial charge in [0.1, 0.15) is 0 Å². The number of hydrogen-bond donors (Lipinski definition) is 1. The van der Waals surface area contributed by atoms with Gasteiger partial charge in [0.2, 0.25) is 5.91 Å². The minimum atomic E-state index is -0.466. The molecule has 1 aromatic carbocycles. The molecule has 0 aliphatic carbocycles. The van der Waals surface area contributed by atoms with E-state index in [0.29, 0.717) is 25.3 Å². The summed E-state index contributed by atoms with van der Waals surface area (Å²) in [5, 5.41) is 13.3. The predicted molar refractivity (Wildman–Crippen MR) is 82.8 cm³/mol. The maximum atomic E-state index is 11.9. The predicted octanol–water partition coefficient (Wildman–Crippen LogP) is 2.03. The number of rotatable bonds is 5. The first kappa shape index (κ1) is 16.4. The third-order valence-corrected chi connectivity index (χ3v) is 3.52. The molecule has 1 saturated heterocycles. The summed E-state index contributed by atoms with van der Waals surface area (Å²) in [7, 11) is 0. The number of nitrogens with one attached hydrogen (secondary N) is 1. The summed E-state index contributed by atoms with van der Waals surface area (Å²) >= 11 is 0. The van der Waals surface area contributed by atoms with Crippen LogP contribution in [0, 0.1) is 10.1 Å². The van der Waals surface area contributed by atoms with Crippen LogP contribution in [0.2, 0.25) is 0 Å². The van der Waals surface area contributed by atoms with Crippen LogP contribution in [-0.2, 0) is 9.53 Å². The largest absolute Gasteiger partial charge is 0.373 e. The van der Waals surface area contributed by atoms with Gasteiger partial charge in [-0.05, 0) is 26.0 Å². The number of benzene rings is 1. The van der Waals surface area contributed by atoms with Crippen molar-refractivity contribution in [3.63, 3.8) is 0 Å². The molecule has 120 valence electrons. The van der Waals surface area contributed by atoms with Crippen LogP contribution in [0.25, 0.3) is 0 Å². The van der Waals surface area contributed by atoms with Crippen molar-refractivity contribution in [2.24, 2.45) is 0 Å². The van der Waals surface area contributed by atoms with E-state index in [1.807, 2.05) is 13.8 Å². The van der Waals surface area contributed by atoms with Crippen LogP contribution >= 0.6 is 0 Å². The third-order valence-electron chi connectivity index (χ3n) is 3.52. The van der Waals surface area contributed by atoms with Gasteiger partial charge >= 0.3 is 0 Å². The van der Waals surface area contributed by atoms with Gasteiger partial charge in [-0.3, -0.25) is 19.8 Å². The van der Waals surface area contributed by atoms with E-state index in [2.05, 4.69) is 10.2 Å². The lowest BCUT2D eigenvalue weighted by Crippen LogP contribution is -2.48. The molecule has 22 heavy (non-hydrogen) atoms. The van der Waals surface area contributed by atoms with Crippen LogP contribution in [0.3, 0.4) is 0 Å². The molecule has 0 bridgehead atoms. The molecule has 0 atom stereocenters. The SMILES string of the molecule is CC1(C)CN(CCC(=O)Nc2ccc([N+](=O)[O-])cc2)CCO1. The van der Waals surface area contributed by atoms with Gasteiger partial charge in [0, 0.05) is 43.9 Å². The van der Waals surface area contributed by atoms with E-state index in [1.54, 1.807) is 0 Å². The highest BCUT2D eigenvalue weighted by molar-refractivity contribution is 5.90. The number of nitrogens with zero attached hydrogens (tertiary/aromatic N) is 2. The second-order valence-corrected chi connectivity index (χ2v) is 5.99. The number of hydrogen-bond acceptors (Lipinski definition) is 5. The fourth-order valence-electron chi connectivity index (χ4n) is 2.45. The second-order valence-electron chi connectivity index (χ2n) is 5.99. The standard InChI is InChI=1S/C15H21N3O4/c1-15(2)11-17(9-10-22-15)8-7-14(19)16-12-3-5-13(6-4-12)18(20)21/h3-6H,7-11H2,1-2H3,(H,16,19). The molecular weight excluding hydrogens is 286 g/mol. The van der Waals surface area contributed by atoms with Crippen molar-refractivity contribution in [2.45, 2.75) is 25.9 Å². The molecule has 1 aliphatic heterocycles. The second kappa shape index (κ2) is 6.85. The Kier molecular flexibility index (Phi) is 5.10. The highest BCUT2D eigenvalue weighted by atomic mass is 16.6. The molecule has 1 N–H and O–H groups in total. The maximum Gasteiger partial charge on any atom is 0.269 e. The molecule has 7 heteroatoms. The average Bonchev–Trinajstić information content (AvgIpc) is 2.45. The minimum absolute atomic E-state index is 0.00791. The van der Waals surface area contributed by atoms with Crippen molar-refractivity contribution in [3.05, 3.63) is 34.4 Å². The van der Waals surface area contributed by atoms with Gasteiger partial charge in [-0.15, -0.1) is 0 Å². The van der Waals surface area contributed by atoms with E-state index in [4.69, 9.17) is 4.74 Å². The number of morpholine rings is 1. The highest BCUT2D eigenvalue weighted by Crippen LogP contribution is 2.17. The zero-order valence-corrected chi connectivity index (χ0v) is 12.9. The zero-order chi connectivity index (χ0) is 16.2. The van der Waals surface area contributed by atoms with E-state index in [1.165, 1.54) is 24.3 Å². The van der Waals surface area contributed by atoms with Gasteiger partial charge in [0.05, 0.1) is 17.1 Å². The average molecular weight is 307 g/mol. The molecule has 1 fully saturated rings. The Morgan fingerprint density at radius 2 is 2.09 bits per heavy atom. The Hall–Kier alpha value is -1.99. The molecule has 0 unspecified atom stereocenters. The first-order valence-electron chi connectivity index (χ1n) is 7.26. The van der Waals surface area contributed by atoms with Gasteiger partial charge in [-0.25, -0.2) is 0 Å². The molecule has 2 rings (SSSR count). The lowest BCUT2D eigenvalue weighted by molar-refractivity contribution is -0.384. The van der Waals surface area contributed by atoms with Gasteiger partial charge < -0.3 is 10.1 Å². The lowest BCUT2D eigenvalue weighted by atomic mass is 10.1. The summed E-state index contributed by atoms with van der Waals surface area (Å²) in [5.74, 6) is -0.0989. The molecule has 0 saturated carbocycles. The zero-order valence-electron chi connectivity index (χ0n) is 12.9. The van der Waals surface area contributed by atoms with Gasteiger partial charge in [-0.2, -0.15) is 0 Å². The Morgan fingerprint density at radius 3 is 2.68 bits per heavy atom. The number of nitro groups is 1. The Balaban J connectivity index is 1.79. The normalized spacial score (nSPS) is 17.9. The van der Waals surface area contributed by atoms with Crippen LogP contribution in [0.15, 0.2) is 24.3 Å². The number of anilines is 1. The summed E-state index contributed by atoms with van der Waals surface area (Å²) in [5.41, 5.74) is 0.402. The van der Waals surface area contributed by atoms with Gasteiger partial charge in [-0.1, -0.05) is 0 Å². The Labute approximate surface area is 129 Å². The molecule has 7 nitrogen and oxygen atoms in total. The number of amides is 1. The highest BCUT2D eigenvalue weighted by Gasteiger charge is 2.27. The van der Waals surface area contributed by atoms with E-state index in [-0.39, 0.29) is 17.2 Å². The first-order chi connectivity index (χ1) is 10.4. The molecule has 1 aliphatic rings. The summed E-state index contributed by atoms with van der Waals surface area (Å²) in [4.78, 5) is 24.2.